The van der Waals surface area contributed by atoms with Crippen LogP contribution in [0.4, 0.5) is 0 Å². The summed E-state index contributed by atoms with van der Waals surface area (Å²) in [5.41, 5.74) is -0.0754. The van der Waals surface area contributed by atoms with E-state index >= 15 is 0 Å². The van der Waals surface area contributed by atoms with Gasteiger partial charge in [-0.05, 0) is 44.9 Å². The van der Waals surface area contributed by atoms with E-state index in [1.165, 1.54) is 19.3 Å². The highest BCUT2D eigenvalue weighted by molar-refractivity contribution is 5.79. The van der Waals surface area contributed by atoms with Crippen molar-refractivity contribution in [3.63, 3.8) is 0 Å². The van der Waals surface area contributed by atoms with E-state index in [-0.39, 0.29) is 11.5 Å². The van der Waals surface area contributed by atoms with Crippen LogP contribution in [-0.4, -0.2) is 50.0 Å². The molecule has 0 heterocycles. The minimum Gasteiger partial charge on any atom is -0.392 e. The molecule has 5 nitrogen and oxygen atoms in total. The van der Waals surface area contributed by atoms with Gasteiger partial charge in [0.05, 0.1) is 12.6 Å². The minimum absolute atomic E-state index is 0.0754. The molecule has 0 spiro atoms. The third kappa shape index (κ3) is 6.68. The van der Waals surface area contributed by atoms with Crippen molar-refractivity contribution in [3.8, 4) is 0 Å². The molecule has 0 bridgehead atoms. The van der Waals surface area contributed by atoms with E-state index in [2.05, 4.69) is 24.5 Å². The van der Waals surface area contributed by atoms with Crippen molar-refractivity contribution >= 4 is 5.96 Å². The highest BCUT2D eigenvalue weighted by Gasteiger charge is 2.35. The predicted molar refractivity (Wildman–Crippen MR) is 94.7 cm³/mol. The van der Waals surface area contributed by atoms with Gasteiger partial charge in [-0.25, -0.2) is 0 Å². The molecule has 2 aliphatic rings. The molecule has 2 unspecified atom stereocenters. The third-order valence-electron chi connectivity index (χ3n) is 5.03. The molecule has 0 aromatic heterocycles. The van der Waals surface area contributed by atoms with Gasteiger partial charge in [-0.1, -0.05) is 19.8 Å². The summed E-state index contributed by atoms with van der Waals surface area (Å²) >= 11 is 0. The fourth-order valence-electron chi connectivity index (χ4n) is 3.08. The van der Waals surface area contributed by atoms with Crippen LogP contribution in [0.5, 0.6) is 0 Å². The Morgan fingerprint density at radius 2 is 2.09 bits per heavy atom. The van der Waals surface area contributed by atoms with Crippen LogP contribution in [0.15, 0.2) is 4.99 Å². The lowest BCUT2D eigenvalue weighted by Gasteiger charge is -2.37. The van der Waals surface area contributed by atoms with E-state index in [0.29, 0.717) is 6.54 Å². The number of aliphatic hydroxyl groups excluding tert-OH is 1. The molecule has 0 radical (unpaired) electrons. The van der Waals surface area contributed by atoms with Crippen LogP contribution < -0.4 is 10.6 Å². The topological polar surface area (TPSA) is 65.9 Å². The smallest absolute Gasteiger partial charge is 0.191 e. The molecule has 2 rings (SSSR count). The summed E-state index contributed by atoms with van der Waals surface area (Å²) in [5.74, 6) is 1.69. The van der Waals surface area contributed by atoms with E-state index in [1.54, 1.807) is 0 Å². The van der Waals surface area contributed by atoms with Crippen LogP contribution in [-0.2, 0) is 4.74 Å². The van der Waals surface area contributed by atoms with Gasteiger partial charge in [-0.2, -0.15) is 0 Å². The number of hydrogen-bond donors (Lipinski definition) is 3. The zero-order valence-electron chi connectivity index (χ0n) is 14.9. The first-order chi connectivity index (χ1) is 11.1. The molecule has 3 N–H and O–H groups in total. The van der Waals surface area contributed by atoms with Crippen molar-refractivity contribution < 1.29 is 9.84 Å². The molecule has 2 saturated carbocycles. The second-order valence-corrected chi connectivity index (χ2v) is 7.41. The largest absolute Gasteiger partial charge is 0.392 e. The van der Waals surface area contributed by atoms with Crippen molar-refractivity contribution in [1.29, 1.82) is 0 Å². The predicted octanol–water partition coefficient (Wildman–Crippen LogP) is 2.30. The van der Waals surface area contributed by atoms with Gasteiger partial charge in [0.2, 0.25) is 0 Å². The lowest BCUT2D eigenvalue weighted by atomic mass is 9.73. The molecular formula is C18H35N3O2. The van der Waals surface area contributed by atoms with E-state index < -0.39 is 0 Å². The molecule has 5 heteroatoms. The van der Waals surface area contributed by atoms with Crippen LogP contribution in [0.1, 0.15) is 58.8 Å². The Balaban J connectivity index is 1.68. The van der Waals surface area contributed by atoms with Gasteiger partial charge in [-0.15, -0.1) is 0 Å². The zero-order valence-corrected chi connectivity index (χ0v) is 14.9. The van der Waals surface area contributed by atoms with E-state index in [0.717, 1.165) is 63.9 Å². The molecule has 23 heavy (non-hydrogen) atoms. The third-order valence-corrected chi connectivity index (χ3v) is 5.03. The van der Waals surface area contributed by atoms with Crippen LogP contribution in [0.2, 0.25) is 0 Å². The van der Waals surface area contributed by atoms with Crippen molar-refractivity contribution in [3.05, 3.63) is 0 Å². The van der Waals surface area contributed by atoms with E-state index in [1.807, 2.05) is 0 Å². The van der Waals surface area contributed by atoms with Gasteiger partial charge in [0.1, 0.15) is 0 Å². The number of nitrogens with one attached hydrogen (secondary N) is 2. The Morgan fingerprint density at radius 1 is 1.26 bits per heavy atom. The number of hydrogen-bond acceptors (Lipinski definition) is 3. The SMILES string of the molecule is CCNC(=NCC1(C)CCCCC1O)NCCCOCC1CC1. The molecule has 134 valence electrons. The second-order valence-electron chi connectivity index (χ2n) is 7.41. The Labute approximate surface area is 141 Å². The summed E-state index contributed by atoms with van der Waals surface area (Å²) in [5, 5.41) is 16.9. The van der Waals surface area contributed by atoms with Gasteiger partial charge in [0, 0.05) is 31.7 Å². The van der Waals surface area contributed by atoms with Crippen LogP contribution in [0.3, 0.4) is 0 Å². The van der Waals surface area contributed by atoms with Gasteiger partial charge >= 0.3 is 0 Å². The van der Waals surface area contributed by atoms with Gasteiger partial charge in [0.25, 0.3) is 0 Å². The average Bonchev–Trinajstić information content (AvgIpc) is 3.35. The van der Waals surface area contributed by atoms with Gasteiger partial charge in [-0.3, -0.25) is 4.99 Å². The number of guanidine groups is 1. The maximum absolute atomic E-state index is 10.3. The van der Waals surface area contributed by atoms with Crippen molar-refractivity contribution in [1.82, 2.24) is 10.6 Å². The van der Waals surface area contributed by atoms with Crippen LogP contribution in [0, 0.1) is 11.3 Å². The molecule has 0 saturated heterocycles. The maximum Gasteiger partial charge on any atom is 0.191 e. The Bertz CT molecular complexity index is 371. The molecule has 2 atom stereocenters. The molecule has 0 aromatic carbocycles. The minimum atomic E-state index is -0.223. The Kier molecular flexibility index (Phi) is 7.63. The monoisotopic (exact) mass is 325 g/mol. The quantitative estimate of drug-likeness (QED) is 0.346. The average molecular weight is 325 g/mol. The van der Waals surface area contributed by atoms with Crippen molar-refractivity contribution in [2.45, 2.75) is 64.9 Å². The van der Waals surface area contributed by atoms with Gasteiger partial charge < -0.3 is 20.5 Å². The summed E-state index contributed by atoms with van der Waals surface area (Å²) in [6.45, 7) is 8.40. The summed E-state index contributed by atoms with van der Waals surface area (Å²) in [6.07, 6.45) is 7.78. The molecule has 2 fully saturated rings. The lowest BCUT2D eigenvalue weighted by Crippen LogP contribution is -2.42. The first-order valence-corrected chi connectivity index (χ1v) is 9.42. The standard InChI is InChI=1S/C18H35N3O2/c1-3-19-17(20-11-6-12-23-13-15-8-9-15)21-14-18(2)10-5-4-7-16(18)22/h15-16,22H,3-14H2,1-2H3,(H2,19,20,21). The number of aliphatic hydroxyl groups is 1. The molecule has 2 aliphatic carbocycles. The fourth-order valence-corrected chi connectivity index (χ4v) is 3.08. The Morgan fingerprint density at radius 3 is 2.78 bits per heavy atom. The number of ether oxygens (including phenoxy) is 1. The number of nitrogens with zero attached hydrogens (tertiary/aromatic N) is 1. The van der Waals surface area contributed by atoms with Gasteiger partial charge in [0.15, 0.2) is 5.96 Å². The summed E-state index contributed by atoms with van der Waals surface area (Å²) in [7, 11) is 0. The summed E-state index contributed by atoms with van der Waals surface area (Å²) in [6, 6.07) is 0. The van der Waals surface area contributed by atoms with E-state index in [4.69, 9.17) is 9.73 Å². The lowest BCUT2D eigenvalue weighted by molar-refractivity contribution is 0.00716. The van der Waals surface area contributed by atoms with Crippen LogP contribution in [0.25, 0.3) is 0 Å². The summed E-state index contributed by atoms with van der Waals surface area (Å²) in [4.78, 5) is 4.71. The maximum atomic E-state index is 10.3. The Hall–Kier alpha value is -0.810. The number of rotatable bonds is 9. The van der Waals surface area contributed by atoms with E-state index in [9.17, 15) is 5.11 Å². The molecular weight excluding hydrogens is 290 g/mol. The first kappa shape index (κ1) is 18.5. The molecule has 0 aliphatic heterocycles. The first-order valence-electron chi connectivity index (χ1n) is 9.42. The highest BCUT2D eigenvalue weighted by Crippen LogP contribution is 2.36. The van der Waals surface area contributed by atoms with Crippen LogP contribution >= 0.6 is 0 Å². The molecule has 0 aromatic rings. The number of aliphatic imine (C=N–C) groups is 1. The zero-order chi connectivity index (χ0) is 16.5. The summed E-state index contributed by atoms with van der Waals surface area (Å²) < 4.78 is 5.65. The van der Waals surface area contributed by atoms with Crippen molar-refractivity contribution in [2.75, 3.05) is 32.8 Å². The fraction of sp³-hybridized carbons (Fsp3) is 0.944. The highest BCUT2D eigenvalue weighted by atomic mass is 16.5. The molecule has 0 amide bonds. The second kappa shape index (κ2) is 9.48. The normalized spacial score (nSPS) is 28.7. The van der Waals surface area contributed by atoms with Crippen molar-refractivity contribution in [2.24, 2.45) is 16.3 Å².